The van der Waals surface area contributed by atoms with Crippen LogP contribution in [0.4, 0.5) is 17.1 Å². The quantitative estimate of drug-likeness (QED) is 0.812. The van der Waals surface area contributed by atoms with Gasteiger partial charge in [-0.15, -0.1) is 0 Å². The van der Waals surface area contributed by atoms with Crippen LogP contribution in [0.3, 0.4) is 0 Å². The van der Waals surface area contributed by atoms with Crippen LogP contribution in [0.25, 0.3) is 0 Å². The first-order valence-electron chi connectivity index (χ1n) is 9.90. The Morgan fingerprint density at radius 3 is 2.52 bits per heavy atom. The molecule has 4 rings (SSSR count). The number of hydrogen-bond acceptors (Lipinski definition) is 3. The van der Waals surface area contributed by atoms with Gasteiger partial charge in [0.25, 0.3) is 5.91 Å². The van der Waals surface area contributed by atoms with Crippen molar-refractivity contribution in [3.8, 4) is 0 Å². The van der Waals surface area contributed by atoms with E-state index in [0.717, 1.165) is 23.5 Å². The van der Waals surface area contributed by atoms with E-state index in [2.05, 4.69) is 16.3 Å². The number of carbonyl (C=O) groups is 1. The van der Waals surface area contributed by atoms with E-state index in [-0.39, 0.29) is 5.91 Å². The summed E-state index contributed by atoms with van der Waals surface area (Å²) in [5.74, 6) is 0.546. The number of aliphatic imine (C=N–C) groups is 1. The van der Waals surface area contributed by atoms with Gasteiger partial charge in [-0.1, -0.05) is 37.5 Å². The summed E-state index contributed by atoms with van der Waals surface area (Å²) in [5.41, 5.74) is 6.14. The third-order valence-electron chi connectivity index (χ3n) is 5.67. The monoisotopic (exact) mass is 361 g/mol. The number of nitrogens with one attached hydrogen (secondary N) is 1. The number of hydrogen-bond donors (Lipinski definition) is 1. The first-order valence-corrected chi connectivity index (χ1v) is 9.90. The molecule has 1 saturated carbocycles. The smallest absolute Gasteiger partial charge is 0.255 e. The Morgan fingerprint density at radius 2 is 1.81 bits per heavy atom. The lowest BCUT2D eigenvalue weighted by atomic mass is 9.84. The van der Waals surface area contributed by atoms with Gasteiger partial charge >= 0.3 is 0 Å². The van der Waals surface area contributed by atoms with Crippen LogP contribution >= 0.6 is 0 Å². The van der Waals surface area contributed by atoms with Gasteiger partial charge in [-0.2, -0.15) is 0 Å². The Bertz CT molecular complexity index is 865. The Morgan fingerprint density at radius 1 is 1.07 bits per heavy atom. The van der Waals surface area contributed by atoms with Crippen LogP contribution in [0.5, 0.6) is 0 Å². The molecule has 0 aromatic heterocycles. The van der Waals surface area contributed by atoms with Gasteiger partial charge in [0.2, 0.25) is 0 Å². The first kappa shape index (κ1) is 17.8. The molecule has 0 saturated heterocycles. The molecule has 0 radical (unpaired) electrons. The molecule has 4 heteroatoms. The zero-order valence-electron chi connectivity index (χ0n) is 16.2. The molecule has 0 spiro atoms. The lowest BCUT2D eigenvalue weighted by Crippen LogP contribution is -2.18. The zero-order chi connectivity index (χ0) is 18.8. The van der Waals surface area contributed by atoms with E-state index in [1.54, 1.807) is 0 Å². The molecule has 1 aliphatic heterocycles. The third kappa shape index (κ3) is 3.75. The van der Waals surface area contributed by atoms with Crippen molar-refractivity contribution in [2.45, 2.75) is 38.5 Å². The fourth-order valence-electron chi connectivity index (χ4n) is 4.18. The van der Waals surface area contributed by atoms with Gasteiger partial charge in [0.1, 0.15) is 0 Å². The Kier molecular flexibility index (Phi) is 4.97. The Hall–Kier alpha value is -2.62. The largest absolute Gasteiger partial charge is 0.376 e. The standard InChI is InChI=1S/C23H27N3O/c1-26(2)22-14-18-13-19(16-9-5-3-6-10-16)24-20(18)15-21(22)25-23(27)17-11-7-4-8-12-17/h4,7-8,11-12,14-16H,3,5-6,9-10,13H2,1-2H3,(H,25,27). The molecule has 27 heavy (non-hydrogen) atoms. The normalized spacial score (nSPS) is 16.6. The van der Waals surface area contributed by atoms with Gasteiger partial charge in [-0.25, -0.2) is 0 Å². The van der Waals surface area contributed by atoms with Crippen LogP contribution in [-0.4, -0.2) is 25.7 Å². The highest BCUT2D eigenvalue weighted by Crippen LogP contribution is 2.39. The van der Waals surface area contributed by atoms with Crippen molar-refractivity contribution < 1.29 is 4.79 Å². The number of rotatable bonds is 4. The topological polar surface area (TPSA) is 44.7 Å². The fraction of sp³-hybridized carbons (Fsp3) is 0.391. The van der Waals surface area contributed by atoms with Gasteiger partial charge in [0, 0.05) is 31.8 Å². The van der Waals surface area contributed by atoms with Gasteiger partial charge in [0.05, 0.1) is 17.1 Å². The van der Waals surface area contributed by atoms with Crippen LogP contribution in [0.1, 0.15) is 48.0 Å². The lowest BCUT2D eigenvalue weighted by molar-refractivity contribution is 0.102. The van der Waals surface area contributed by atoms with Crippen molar-refractivity contribution in [3.63, 3.8) is 0 Å². The molecular formula is C23H27N3O. The van der Waals surface area contributed by atoms with Crippen LogP contribution in [0, 0.1) is 5.92 Å². The maximum atomic E-state index is 12.6. The number of benzene rings is 2. The van der Waals surface area contributed by atoms with Crippen molar-refractivity contribution in [1.29, 1.82) is 0 Å². The van der Waals surface area contributed by atoms with Gasteiger partial charge < -0.3 is 10.2 Å². The van der Waals surface area contributed by atoms with E-state index in [1.807, 2.05) is 50.5 Å². The summed E-state index contributed by atoms with van der Waals surface area (Å²) in [6, 6.07) is 13.6. The van der Waals surface area contributed by atoms with Gasteiger partial charge in [-0.3, -0.25) is 9.79 Å². The minimum Gasteiger partial charge on any atom is -0.376 e. The number of amides is 1. The third-order valence-corrected chi connectivity index (χ3v) is 5.67. The lowest BCUT2D eigenvalue weighted by Gasteiger charge is -2.21. The molecule has 4 nitrogen and oxygen atoms in total. The summed E-state index contributed by atoms with van der Waals surface area (Å²) in [5, 5.41) is 3.08. The SMILES string of the molecule is CN(C)c1cc2c(cc1NC(=O)c1ccccc1)N=C(C1CCCCC1)C2. The van der Waals surface area contributed by atoms with Crippen LogP contribution in [0.2, 0.25) is 0 Å². The summed E-state index contributed by atoms with van der Waals surface area (Å²) in [7, 11) is 4.02. The average Bonchev–Trinajstić information content (AvgIpc) is 3.11. The zero-order valence-corrected chi connectivity index (χ0v) is 16.2. The summed E-state index contributed by atoms with van der Waals surface area (Å²) < 4.78 is 0. The Balaban J connectivity index is 1.62. The molecule has 1 heterocycles. The Labute approximate surface area is 161 Å². The predicted octanol–water partition coefficient (Wildman–Crippen LogP) is 5.21. The summed E-state index contributed by atoms with van der Waals surface area (Å²) in [6.07, 6.45) is 7.49. The minimum atomic E-state index is -0.0897. The van der Waals surface area contributed by atoms with Crippen LogP contribution in [0.15, 0.2) is 47.5 Å². The molecule has 140 valence electrons. The summed E-state index contributed by atoms with van der Waals surface area (Å²) in [6.45, 7) is 0. The molecule has 1 N–H and O–H groups in total. The predicted molar refractivity (Wildman–Crippen MR) is 113 cm³/mol. The molecular weight excluding hydrogens is 334 g/mol. The highest BCUT2D eigenvalue weighted by molar-refractivity contribution is 6.07. The summed E-state index contributed by atoms with van der Waals surface area (Å²) >= 11 is 0. The van der Waals surface area contributed by atoms with Crippen molar-refractivity contribution in [3.05, 3.63) is 53.6 Å². The first-order chi connectivity index (χ1) is 13.1. The van der Waals surface area contributed by atoms with Crippen molar-refractivity contribution >= 4 is 28.7 Å². The van der Waals surface area contributed by atoms with E-state index < -0.39 is 0 Å². The van der Waals surface area contributed by atoms with Crippen LogP contribution in [-0.2, 0) is 6.42 Å². The maximum Gasteiger partial charge on any atom is 0.255 e. The van der Waals surface area contributed by atoms with Crippen molar-refractivity contribution in [2.75, 3.05) is 24.3 Å². The molecule has 0 atom stereocenters. The molecule has 0 bridgehead atoms. The molecule has 1 fully saturated rings. The second-order valence-corrected chi connectivity index (χ2v) is 7.83. The van der Waals surface area contributed by atoms with E-state index >= 15 is 0 Å². The second-order valence-electron chi connectivity index (χ2n) is 7.83. The van der Waals surface area contributed by atoms with E-state index in [9.17, 15) is 4.79 Å². The van der Waals surface area contributed by atoms with Crippen molar-refractivity contribution in [2.24, 2.45) is 10.9 Å². The van der Waals surface area contributed by atoms with E-state index in [4.69, 9.17) is 4.99 Å². The number of carbonyl (C=O) groups excluding carboxylic acids is 1. The molecule has 2 aromatic rings. The second kappa shape index (κ2) is 7.55. The molecule has 0 unspecified atom stereocenters. The van der Waals surface area contributed by atoms with Gasteiger partial charge in [0.15, 0.2) is 0 Å². The molecule has 2 aliphatic rings. The summed E-state index contributed by atoms with van der Waals surface area (Å²) in [4.78, 5) is 19.7. The minimum absolute atomic E-state index is 0.0897. The number of nitrogens with zero attached hydrogens (tertiary/aromatic N) is 2. The van der Waals surface area contributed by atoms with Crippen LogP contribution < -0.4 is 10.2 Å². The van der Waals surface area contributed by atoms with Gasteiger partial charge in [-0.05, 0) is 48.6 Å². The van der Waals surface area contributed by atoms with Crippen molar-refractivity contribution in [1.82, 2.24) is 0 Å². The highest BCUT2D eigenvalue weighted by atomic mass is 16.1. The average molecular weight is 361 g/mol. The molecule has 1 amide bonds. The molecule has 2 aromatic carbocycles. The number of anilines is 2. The van der Waals surface area contributed by atoms with E-state index in [1.165, 1.54) is 43.4 Å². The molecule has 1 aliphatic carbocycles. The fourth-order valence-corrected chi connectivity index (χ4v) is 4.18. The maximum absolute atomic E-state index is 12.6. The highest BCUT2D eigenvalue weighted by Gasteiger charge is 2.26. The van der Waals surface area contributed by atoms with E-state index in [0.29, 0.717) is 11.5 Å². The number of fused-ring (bicyclic) bond motifs is 1.